The van der Waals surface area contributed by atoms with Crippen molar-refractivity contribution in [1.82, 2.24) is 9.78 Å². The van der Waals surface area contributed by atoms with Crippen LogP contribution in [0, 0.1) is 0 Å². The number of aromatic nitrogens is 2. The number of hydrogen-bond donors (Lipinski definition) is 0. The van der Waals surface area contributed by atoms with Crippen molar-refractivity contribution in [2.24, 2.45) is 0 Å². The number of aryl methyl sites for hydroxylation is 1. The summed E-state index contributed by atoms with van der Waals surface area (Å²) in [7, 11) is 0. The van der Waals surface area contributed by atoms with E-state index in [2.05, 4.69) is 9.84 Å². The van der Waals surface area contributed by atoms with Gasteiger partial charge in [0.05, 0.1) is 24.4 Å². The van der Waals surface area contributed by atoms with E-state index in [0.717, 1.165) is 17.3 Å². The summed E-state index contributed by atoms with van der Waals surface area (Å²) in [4.78, 5) is 0. The van der Waals surface area contributed by atoms with Gasteiger partial charge in [-0.05, 0) is 38.5 Å². The number of alkyl halides is 2. The molecule has 0 amide bonds. The Labute approximate surface area is 126 Å². The van der Waals surface area contributed by atoms with Gasteiger partial charge in [0, 0.05) is 11.9 Å². The summed E-state index contributed by atoms with van der Waals surface area (Å²) >= 11 is 0. The summed E-state index contributed by atoms with van der Waals surface area (Å²) in [5, 5.41) is 5.06. The smallest absolute Gasteiger partial charge is 0.387 e. The molecule has 2 heterocycles. The lowest BCUT2D eigenvalue weighted by Crippen LogP contribution is -2.22. The first-order chi connectivity index (χ1) is 10.4. The van der Waals surface area contributed by atoms with Crippen molar-refractivity contribution in [2.45, 2.75) is 45.3 Å². The Bertz CT molecular complexity index is 657. The third-order valence-electron chi connectivity index (χ3n) is 3.57. The van der Waals surface area contributed by atoms with Gasteiger partial charge in [-0.2, -0.15) is 13.9 Å². The zero-order chi connectivity index (χ0) is 15.7. The molecule has 0 bridgehead atoms. The van der Waals surface area contributed by atoms with Crippen molar-refractivity contribution >= 4 is 10.9 Å². The lowest BCUT2D eigenvalue weighted by molar-refractivity contribution is -0.139. The van der Waals surface area contributed by atoms with Crippen LogP contribution in [0.4, 0.5) is 8.78 Å². The molecule has 120 valence electrons. The Morgan fingerprint density at radius 1 is 1.45 bits per heavy atom. The van der Waals surface area contributed by atoms with Crippen LogP contribution in [0.25, 0.3) is 10.9 Å². The van der Waals surface area contributed by atoms with Gasteiger partial charge in [-0.1, -0.05) is 0 Å². The van der Waals surface area contributed by atoms with E-state index >= 15 is 0 Å². The first-order valence-corrected chi connectivity index (χ1v) is 7.15. The minimum Gasteiger partial charge on any atom is -0.435 e. The average molecular weight is 312 g/mol. The lowest BCUT2D eigenvalue weighted by Gasteiger charge is -2.17. The maximum Gasteiger partial charge on any atom is 0.387 e. The molecule has 22 heavy (non-hydrogen) atoms. The van der Waals surface area contributed by atoms with Gasteiger partial charge in [-0.25, -0.2) is 0 Å². The molecule has 0 saturated carbocycles. The molecule has 7 heteroatoms. The fourth-order valence-corrected chi connectivity index (χ4v) is 2.59. The van der Waals surface area contributed by atoms with Crippen LogP contribution in [0.2, 0.25) is 0 Å². The normalized spacial score (nSPS) is 20.9. The van der Waals surface area contributed by atoms with E-state index < -0.39 is 12.4 Å². The van der Waals surface area contributed by atoms with E-state index in [1.54, 1.807) is 18.3 Å². The van der Waals surface area contributed by atoms with Gasteiger partial charge >= 0.3 is 6.61 Å². The largest absolute Gasteiger partial charge is 0.435 e. The molecule has 1 saturated heterocycles. The quantitative estimate of drug-likeness (QED) is 0.850. The van der Waals surface area contributed by atoms with Crippen molar-refractivity contribution in [3.8, 4) is 5.75 Å². The topological polar surface area (TPSA) is 45.5 Å². The number of rotatable bonds is 5. The number of hydrogen-bond acceptors (Lipinski definition) is 4. The predicted octanol–water partition coefficient (Wildman–Crippen LogP) is 3.18. The highest BCUT2D eigenvalue weighted by Crippen LogP contribution is 2.26. The monoisotopic (exact) mass is 312 g/mol. The average Bonchev–Trinajstić information content (AvgIpc) is 2.98. The van der Waals surface area contributed by atoms with E-state index in [9.17, 15) is 8.78 Å². The number of halogens is 2. The summed E-state index contributed by atoms with van der Waals surface area (Å²) in [5.41, 5.74) is 0.875. The molecule has 1 aromatic heterocycles. The van der Waals surface area contributed by atoms with Crippen molar-refractivity contribution in [1.29, 1.82) is 0 Å². The molecule has 0 aliphatic carbocycles. The molecule has 2 aromatic rings. The molecule has 5 nitrogen and oxygen atoms in total. The molecule has 1 atom stereocenters. The summed E-state index contributed by atoms with van der Waals surface area (Å²) in [6.45, 7) is 2.19. The molecule has 0 radical (unpaired) electrons. The van der Waals surface area contributed by atoms with Gasteiger partial charge in [0.25, 0.3) is 0 Å². The van der Waals surface area contributed by atoms with Crippen LogP contribution < -0.4 is 4.74 Å². The van der Waals surface area contributed by atoms with Gasteiger partial charge in [-0.15, -0.1) is 0 Å². The Kier molecular flexibility index (Phi) is 4.01. The van der Waals surface area contributed by atoms with Crippen molar-refractivity contribution in [3.05, 3.63) is 24.4 Å². The summed E-state index contributed by atoms with van der Waals surface area (Å²) < 4.78 is 41.9. The molecule has 0 N–H and O–H groups in total. The molecule has 0 spiro atoms. The van der Waals surface area contributed by atoms with Crippen LogP contribution in [-0.2, 0) is 16.0 Å². The summed E-state index contributed by atoms with van der Waals surface area (Å²) in [6.07, 6.45) is 2.45. The Morgan fingerprint density at radius 3 is 2.95 bits per heavy atom. The van der Waals surface area contributed by atoms with E-state index in [-0.39, 0.29) is 11.9 Å². The summed E-state index contributed by atoms with van der Waals surface area (Å²) in [6, 6.07) is 4.81. The maximum absolute atomic E-state index is 12.2. The molecule has 1 aliphatic heterocycles. The van der Waals surface area contributed by atoms with Crippen LogP contribution in [0.1, 0.15) is 20.3 Å². The number of ether oxygens (including phenoxy) is 3. The fourth-order valence-electron chi connectivity index (χ4n) is 2.59. The Balaban J connectivity index is 1.67. The molecular weight excluding hydrogens is 294 g/mol. The molecule has 1 aliphatic rings. The van der Waals surface area contributed by atoms with E-state index in [1.165, 1.54) is 6.07 Å². The maximum atomic E-state index is 12.2. The standard InChI is InChI=1S/C15H18F2N2O3/c1-15(2)20-9-12(22-15)5-6-19-13-4-3-11(21-14(16)17)7-10(13)8-18-19/h3-4,7-8,12,14H,5-6,9H2,1-2H3. The third-order valence-corrected chi connectivity index (χ3v) is 3.57. The molecule has 1 aromatic carbocycles. The molecule has 1 unspecified atom stereocenters. The zero-order valence-corrected chi connectivity index (χ0v) is 12.5. The zero-order valence-electron chi connectivity index (χ0n) is 12.5. The third kappa shape index (κ3) is 3.36. The summed E-state index contributed by atoms with van der Waals surface area (Å²) in [5.74, 6) is -0.394. The van der Waals surface area contributed by atoms with E-state index in [4.69, 9.17) is 9.47 Å². The SMILES string of the molecule is CC1(C)OCC(CCn2ncc3cc(OC(F)F)ccc32)O1. The minimum atomic E-state index is -2.82. The number of fused-ring (bicyclic) bond motifs is 1. The van der Waals surface area contributed by atoms with Crippen molar-refractivity contribution in [2.75, 3.05) is 6.61 Å². The first kappa shape index (κ1) is 15.2. The second kappa shape index (κ2) is 5.81. The van der Waals surface area contributed by atoms with E-state index in [0.29, 0.717) is 13.2 Å². The van der Waals surface area contributed by atoms with Crippen molar-refractivity contribution in [3.63, 3.8) is 0 Å². The van der Waals surface area contributed by atoms with Gasteiger partial charge in [0.2, 0.25) is 0 Å². The highest BCUT2D eigenvalue weighted by Gasteiger charge is 2.32. The second-order valence-corrected chi connectivity index (χ2v) is 5.71. The fraction of sp³-hybridized carbons (Fsp3) is 0.533. The van der Waals surface area contributed by atoms with Gasteiger partial charge in [-0.3, -0.25) is 4.68 Å². The Hall–Kier alpha value is -1.73. The van der Waals surface area contributed by atoms with Crippen LogP contribution in [0.15, 0.2) is 24.4 Å². The van der Waals surface area contributed by atoms with Gasteiger partial charge in [0.1, 0.15) is 5.75 Å². The van der Waals surface area contributed by atoms with Gasteiger partial charge in [0.15, 0.2) is 5.79 Å². The second-order valence-electron chi connectivity index (χ2n) is 5.71. The van der Waals surface area contributed by atoms with Crippen LogP contribution in [0.3, 0.4) is 0 Å². The number of benzene rings is 1. The van der Waals surface area contributed by atoms with E-state index in [1.807, 2.05) is 18.5 Å². The lowest BCUT2D eigenvalue weighted by atomic mass is 10.2. The molecule has 1 fully saturated rings. The number of nitrogens with zero attached hydrogens (tertiary/aromatic N) is 2. The minimum absolute atomic E-state index is 0.0377. The van der Waals surface area contributed by atoms with Crippen LogP contribution in [0.5, 0.6) is 5.75 Å². The van der Waals surface area contributed by atoms with Crippen LogP contribution >= 0.6 is 0 Å². The highest BCUT2D eigenvalue weighted by atomic mass is 19.3. The first-order valence-electron chi connectivity index (χ1n) is 7.15. The highest BCUT2D eigenvalue weighted by molar-refractivity contribution is 5.80. The Morgan fingerprint density at radius 2 is 2.27 bits per heavy atom. The van der Waals surface area contributed by atoms with Gasteiger partial charge < -0.3 is 14.2 Å². The van der Waals surface area contributed by atoms with Crippen molar-refractivity contribution < 1.29 is 23.0 Å². The van der Waals surface area contributed by atoms with Crippen LogP contribution in [-0.4, -0.2) is 34.9 Å². The predicted molar refractivity (Wildman–Crippen MR) is 75.9 cm³/mol. The molecule has 3 rings (SSSR count). The molecular formula is C15H18F2N2O3.